The summed E-state index contributed by atoms with van der Waals surface area (Å²) in [4.78, 5) is 22.5. The highest BCUT2D eigenvalue weighted by atomic mass is 16.2. The highest BCUT2D eigenvalue weighted by molar-refractivity contribution is 6.09. The Kier molecular flexibility index (Phi) is 2.08. The summed E-state index contributed by atoms with van der Waals surface area (Å²) in [7, 11) is 0. The maximum absolute atomic E-state index is 11.4. The van der Waals surface area contributed by atoms with Gasteiger partial charge in [-0.2, -0.15) is 0 Å². The number of carbonyl (C=O) groups is 2. The van der Waals surface area contributed by atoms with Crippen molar-refractivity contribution < 1.29 is 9.59 Å². The molecule has 1 aromatic carbocycles. The molecule has 1 aliphatic heterocycles. The van der Waals surface area contributed by atoms with E-state index in [1.807, 2.05) is 19.1 Å². The predicted octanol–water partition coefficient (Wildman–Crippen LogP) is 1.06. The van der Waals surface area contributed by atoms with Crippen LogP contribution in [-0.2, 0) is 17.6 Å². The average molecular weight is 189 g/mol. The summed E-state index contributed by atoms with van der Waals surface area (Å²) in [5.41, 5.74) is 2.63. The molecule has 0 bridgehead atoms. The van der Waals surface area contributed by atoms with Crippen molar-refractivity contribution in [3.63, 3.8) is 0 Å². The van der Waals surface area contributed by atoms with Crippen molar-refractivity contribution in [2.24, 2.45) is 0 Å². The third-order valence-corrected chi connectivity index (χ3v) is 2.43. The smallest absolute Gasteiger partial charge is 0.258 e. The van der Waals surface area contributed by atoms with Crippen molar-refractivity contribution in [3.8, 4) is 0 Å². The molecule has 0 fully saturated rings. The highest BCUT2D eigenvalue weighted by Gasteiger charge is 2.21. The first-order valence-electron chi connectivity index (χ1n) is 4.66. The number of amides is 2. The summed E-state index contributed by atoms with van der Waals surface area (Å²) in [6, 6.07) is 5.65. The van der Waals surface area contributed by atoms with Gasteiger partial charge in [0.15, 0.2) is 0 Å². The van der Waals surface area contributed by atoms with Gasteiger partial charge in [0, 0.05) is 5.56 Å². The van der Waals surface area contributed by atoms with Crippen LogP contribution in [0, 0.1) is 0 Å². The Morgan fingerprint density at radius 2 is 2.14 bits per heavy atom. The monoisotopic (exact) mass is 189 g/mol. The van der Waals surface area contributed by atoms with E-state index in [2.05, 4.69) is 5.32 Å². The van der Waals surface area contributed by atoms with Crippen LogP contribution in [0.25, 0.3) is 0 Å². The van der Waals surface area contributed by atoms with Gasteiger partial charge in [-0.3, -0.25) is 14.9 Å². The van der Waals surface area contributed by atoms with Crippen molar-refractivity contribution in [2.45, 2.75) is 19.8 Å². The molecule has 3 heteroatoms. The second kappa shape index (κ2) is 3.25. The number of carbonyl (C=O) groups excluding carboxylic acids is 2. The SMILES string of the molecule is CCc1ccc2c(c1)CC(=O)NC2=O. The van der Waals surface area contributed by atoms with Gasteiger partial charge in [0.1, 0.15) is 0 Å². The standard InChI is InChI=1S/C11H11NO2/c1-2-7-3-4-9-8(5-7)6-10(13)12-11(9)14/h3-5H,2,6H2,1H3,(H,12,13,14). The Bertz CT molecular complexity index is 410. The minimum Gasteiger partial charge on any atom is -0.292 e. The maximum Gasteiger partial charge on any atom is 0.258 e. The summed E-state index contributed by atoms with van der Waals surface area (Å²) >= 11 is 0. The number of imide groups is 1. The zero-order valence-corrected chi connectivity index (χ0v) is 7.96. The van der Waals surface area contributed by atoms with Crippen LogP contribution < -0.4 is 5.32 Å². The van der Waals surface area contributed by atoms with Crippen LogP contribution >= 0.6 is 0 Å². The van der Waals surface area contributed by atoms with E-state index in [0.29, 0.717) is 12.0 Å². The number of hydrogen-bond donors (Lipinski definition) is 1. The molecule has 0 aromatic heterocycles. The van der Waals surface area contributed by atoms with Gasteiger partial charge in [-0.05, 0) is 23.6 Å². The Morgan fingerprint density at radius 3 is 2.86 bits per heavy atom. The van der Waals surface area contributed by atoms with Crippen LogP contribution in [-0.4, -0.2) is 11.8 Å². The van der Waals surface area contributed by atoms with Crippen LogP contribution in [0.2, 0.25) is 0 Å². The highest BCUT2D eigenvalue weighted by Crippen LogP contribution is 2.16. The largest absolute Gasteiger partial charge is 0.292 e. The molecule has 0 aliphatic carbocycles. The van der Waals surface area contributed by atoms with Gasteiger partial charge < -0.3 is 0 Å². The molecule has 72 valence electrons. The molecule has 0 radical (unpaired) electrons. The van der Waals surface area contributed by atoms with Crippen LogP contribution in [0.5, 0.6) is 0 Å². The van der Waals surface area contributed by atoms with Crippen LogP contribution in [0.3, 0.4) is 0 Å². The van der Waals surface area contributed by atoms with Crippen LogP contribution in [0.1, 0.15) is 28.4 Å². The molecule has 0 saturated carbocycles. The minimum atomic E-state index is -0.279. The summed E-state index contributed by atoms with van der Waals surface area (Å²) in [5.74, 6) is -0.491. The van der Waals surface area contributed by atoms with E-state index in [9.17, 15) is 9.59 Å². The number of benzene rings is 1. The van der Waals surface area contributed by atoms with E-state index in [4.69, 9.17) is 0 Å². The maximum atomic E-state index is 11.4. The molecule has 1 aliphatic rings. The molecule has 14 heavy (non-hydrogen) atoms. The van der Waals surface area contributed by atoms with E-state index >= 15 is 0 Å². The normalized spacial score (nSPS) is 14.9. The summed E-state index contributed by atoms with van der Waals surface area (Å²) < 4.78 is 0. The molecular formula is C11H11NO2. The molecular weight excluding hydrogens is 178 g/mol. The number of hydrogen-bond acceptors (Lipinski definition) is 2. The third kappa shape index (κ3) is 1.41. The zero-order chi connectivity index (χ0) is 10.1. The molecule has 0 spiro atoms. The fourth-order valence-electron chi connectivity index (χ4n) is 1.65. The second-order valence-corrected chi connectivity index (χ2v) is 3.40. The fourth-order valence-corrected chi connectivity index (χ4v) is 1.65. The molecule has 0 unspecified atom stereocenters. The lowest BCUT2D eigenvalue weighted by molar-refractivity contribution is -0.119. The second-order valence-electron chi connectivity index (χ2n) is 3.40. The lowest BCUT2D eigenvalue weighted by Crippen LogP contribution is -2.37. The number of nitrogens with one attached hydrogen (secondary N) is 1. The van der Waals surface area contributed by atoms with Crippen molar-refractivity contribution in [2.75, 3.05) is 0 Å². The molecule has 1 N–H and O–H groups in total. The summed E-state index contributed by atoms with van der Waals surface area (Å²) in [6.07, 6.45) is 1.23. The Labute approximate surface area is 82.1 Å². The minimum absolute atomic E-state index is 0.212. The first-order chi connectivity index (χ1) is 6.70. The van der Waals surface area contributed by atoms with E-state index in [1.165, 1.54) is 0 Å². The Balaban J connectivity index is 2.49. The molecule has 0 saturated heterocycles. The first kappa shape index (κ1) is 8.94. The van der Waals surface area contributed by atoms with Crippen molar-refractivity contribution in [1.29, 1.82) is 0 Å². The topological polar surface area (TPSA) is 46.2 Å². The van der Waals surface area contributed by atoms with Crippen LogP contribution in [0.4, 0.5) is 0 Å². The Hall–Kier alpha value is -1.64. The lowest BCUT2D eigenvalue weighted by atomic mass is 9.97. The molecule has 1 heterocycles. The first-order valence-corrected chi connectivity index (χ1v) is 4.66. The predicted molar refractivity (Wildman–Crippen MR) is 52.0 cm³/mol. The van der Waals surface area contributed by atoms with E-state index in [0.717, 1.165) is 17.5 Å². The third-order valence-electron chi connectivity index (χ3n) is 2.43. The van der Waals surface area contributed by atoms with Gasteiger partial charge in [-0.15, -0.1) is 0 Å². The van der Waals surface area contributed by atoms with E-state index in [1.54, 1.807) is 6.07 Å². The number of fused-ring (bicyclic) bond motifs is 1. The fraction of sp³-hybridized carbons (Fsp3) is 0.273. The molecule has 1 aromatic rings. The van der Waals surface area contributed by atoms with Crippen LogP contribution in [0.15, 0.2) is 18.2 Å². The van der Waals surface area contributed by atoms with E-state index < -0.39 is 0 Å². The van der Waals surface area contributed by atoms with E-state index in [-0.39, 0.29) is 11.8 Å². The quantitative estimate of drug-likeness (QED) is 0.671. The molecule has 2 amide bonds. The summed E-state index contributed by atoms with van der Waals surface area (Å²) in [6.45, 7) is 2.05. The number of aryl methyl sites for hydroxylation is 1. The molecule has 0 atom stereocenters. The van der Waals surface area contributed by atoms with Gasteiger partial charge >= 0.3 is 0 Å². The average Bonchev–Trinajstić information content (AvgIpc) is 2.16. The molecule has 3 nitrogen and oxygen atoms in total. The van der Waals surface area contributed by atoms with Gasteiger partial charge in [0.05, 0.1) is 6.42 Å². The van der Waals surface area contributed by atoms with Crippen molar-refractivity contribution in [1.82, 2.24) is 5.32 Å². The number of rotatable bonds is 1. The summed E-state index contributed by atoms with van der Waals surface area (Å²) in [5, 5.41) is 2.30. The van der Waals surface area contributed by atoms with Gasteiger partial charge in [0.2, 0.25) is 5.91 Å². The Morgan fingerprint density at radius 1 is 1.36 bits per heavy atom. The molecule has 2 rings (SSSR count). The van der Waals surface area contributed by atoms with Gasteiger partial charge in [-0.25, -0.2) is 0 Å². The zero-order valence-electron chi connectivity index (χ0n) is 7.96. The van der Waals surface area contributed by atoms with Crippen molar-refractivity contribution in [3.05, 3.63) is 34.9 Å². The lowest BCUT2D eigenvalue weighted by Gasteiger charge is -2.15. The van der Waals surface area contributed by atoms with Gasteiger partial charge in [0.25, 0.3) is 5.91 Å². The van der Waals surface area contributed by atoms with Gasteiger partial charge in [-0.1, -0.05) is 19.1 Å². The van der Waals surface area contributed by atoms with Crippen molar-refractivity contribution >= 4 is 11.8 Å².